The molecule has 1 aliphatic heterocycles. The smallest absolute Gasteiger partial charge is 0.186 e. The van der Waals surface area contributed by atoms with Gasteiger partial charge in [-0.15, -0.1) is 0 Å². The second-order valence-electron chi connectivity index (χ2n) is 17.4. The fourth-order valence-electron chi connectivity index (χ4n) is 12.3. The van der Waals surface area contributed by atoms with E-state index in [1.54, 1.807) is 0 Å². The van der Waals surface area contributed by atoms with Gasteiger partial charge in [0.15, 0.2) is 6.29 Å². The van der Waals surface area contributed by atoms with Crippen molar-refractivity contribution >= 4 is 0 Å². The summed E-state index contributed by atoms with van der Waals surface area (Å²) in [6, 6.07) is 0. The summed E-state index contributed by atoms with van der Waals surface area (Å²) in [5.74, 6) is 3.43. The Labute approximate surface area is 259 Å². The molecular weight excluding hydrogens is 544 g/mol. The number of rotatable bonds is 6. The molecule has 0 bridgehead atoms. The predicted octanol–water partition coefficient (Wildman–Crippen LogP) is 4.82. The summed E-state index contributed by atoms with van der Waals surface area (Å²) < 4.78 is 12.2. The number of hydrogen-bond acceptors (Lipinski definition) is 7. The van der Waals surface area contributed by atoms with Crippen molar-refractivity contribution in [2.45, 2.75) is 149 Å². The zero-order valence-electron chi connectivity index (χ0n) is 27.7. The summed E-state index contributed by atoms with van der Waals surface area (Å²) in [6.45, 7) is 16.1. The van der Waals surface area contributed by atoms with E-state index >= 15 is 0 Å². The van der Waals surface area contributed by atoms with Gasteiger partial charge in [0.25, 0.3) is 0 Å². The van der Waals surface area contributed by atoms with Gasteiger partial charge >= 0.3 is 0 Å². The molecule has 7 nitrogen and oxygen atoms in total. The molecule has 0 spiro atoms. The standard InChI is InChI=1S/C36H60O7/c1-19(2)8-9-20-16-22(20)21-10-14-36(7)28(21)23(38)17-26-34(5)13-12-27(33(3,4)25(34)11-15-35(26,36)6)43-32-31(41)30(40)29(39)24(18-37)42-32/h8,20-32,37-41H,9-18H2,1-7H3/t20?,21-,22-,23-,24-,25+,26-,27+,28+,29-,30+,31-,32-,34+,35-,36-/m1/s1. The molecule has 6 aliphatic rings. The van der Waals surface area contributed by atoms with E-state index in [9.17, 15) is 25.5 Å². The van der Waals surface area contributed by atoms with Gasteiger partial charge < -0.3 is 35.0 Å². The highest BCUT2D eigenvalue weighted by molar-refractivity contribution is 5.20. The lowest BCUT2D eigenvalue weighted by Gasteiger charge is -2.70. The molecule has 16 atom stereocenters. The summed E-state index contributed by atoms with van der Waals surface area (Å²) in [5, 5.41) is 53.0. The van der Waals surface area contributed by atoms with Crippen LogP contribution in [-0.4, -0.2) is 75.1 Å². The Bertz CT molecular complexity index is 1070. The third-order valence-electron chi connectivity index (χ3n) is 14.9. The van der Waals surface area contributed by atoms with Crippen molar-refractivity contribution in [1.82, 2.24) is 0 Å². The zero-order chi connectivity index (χ0) is 31.3. The van der Waals surface area contributed by atoms with Crippen molar-refractivity contribution in [2.24, 2.45) is 57.2 Å². The highest BCUT2D eigenvalue weighted by Gasteiger charge is 2.71. The fraction of sp³-hybridized carbons (Fsp3) is 0.944. The number of aliphatic hydroxyl groups is 5. The monoisotopic (exact) mass is 604 g/mol. The number of fused-ring (bicyclic) bond motifs is 5. The largest absolute Gasteiger partial charge is 0.394 e. The van der Waals surface area contributed by atoms with Crippen LogP contribution in [0.1, 0.15) is 106 Å². The Morgan fingerprint density at radius 3 is 2.19 bits per heavy atom. The van der Waals surface area contributed by atoms with Gasteiger partial charge in [-0.3, -0.25) is 0 Å². The van der Waals surface area contributed by atoms with Crippen molar-refractivity contribution in [3.8, 4) is 0 Å². The third-order valence-corrected chi connectivity index (χ3v) is 14.9. The van der Waals surface area contributed by atoms with E-state index in [-0.39, 0.29) is 33.9 Å². The summed E-state index contributed by atoms with van der Waals surface area (Å²) >= 11 is 0. The van der Waals surface area contributed by atoms with Crippen molar-refractivity contribution in [2.75, 3.05) is 6.61 Å². The molecule has 7 heteroatoms. The molecular formula is C36H60O7. The molecule has 5 aliphatic carbocycles. The molecule has 0 aromatic heterocycles. The minimum atomic E-state index is -1.44. The minimum absolute atomic E-state index is 0.0599. The maximum Gasteiger partial charge on any atom is 0.186 e. The maximum atomic E-state index is 12.0. The molecule has 0 amide bonds. The van der Waals surface area contributed by atoms with E-state index in [0.717, 1.165) is 43.9 Å². The van der Waals surface area contributed by atoms with Crippen molar-refractivity contribution < 1.29 is 35.0 Å². The number of hydrogen-bond donors (Lipinski definition) is 5. The van der Waals surface area contributed by atoms with Crippen LogP contribution in [0.2, 0.25) is 0 Å². The maximum absolute atomic E-state index is 12.0. The number of ether oxygens (including phenoxy) is 2. The lowest BCUT2D eigenvalue weighted by Crippen LogP contribution is -2.67. The second-order valence-corrected chi connectivity index (χ2v) is 17.4. The predicted molar refractivity (Wildman–Crippen MR) is 165 cm³/mol. The lowest BCUT2D eigenvalue weighted by molar-refractivity contribution is -0.331. The topological polar surface area (TPSA) is 120 Å². The van der Waals surface area contributed by atoms with Crippen LogP contribution < -0.4 is 0 Å². The third kappa shape index (κ3) is 4.84. The molecule has 5 N–H and O–H groups in total. The molecule has 0 aromatic rings. The molecule has 43 heavy (non-hydrogen) atoms. The van der Waals surface area contributed by atoms with Crippen LogP contribution in [0.15, 0.2) is 11.6 Å². The Morgan fingerprint density at radius 1 is 0.814 bits per heavy atom. The van der Waals surface area contributed by atoms with Gasteiger partial charge in [-0.1, -0.05) is 46.3 Å². The van der Waals surface area contributed by atoms with E-state index in [2.05, 4.69) is 54.5 Å². The fourth-order valence-corrected chi connectivity index (χ4v) is 12.3. The quantitative estimate of drug-likeness (QED) is 0.218. The highest BCUT2D eigenvalue weighted by Crippen LogP contribution is 2.76. The first-order valence-corrected chi connectivity index (χ1v) is 17.4. The van der Waals surface area contributed by atoms with E-state index in [4.69, 9.17) is 9.47 Å². The molecule has 1 saturated heterocycles. The number of allylic oxidation sites excluding steroid dienone is 2. The SMILES string of the molecule is CC(C)=CCC1C[C@H]1[C@H]1CC[C@]2(C)[C@@H]1[C@H](O)C[C@@H]1[C@@]3(C)CC[C@H](O[C@H]4O[C@H](CO)[C@@H](O)[C@H](O)[C@H]4O)C(C)(C)[C@@H]3CC[C@]12C. The van der Waals surface area contributed by atoms with E-state index in [1.165, 1.54) is 31.3 Å². The summed E-state index contributed by atoms with van der Waals surface area (Å²) in [4.78, 5) is 0. The van der Waals surface area contributed by atoms with Gasteiger partial charge in [0.2, 0.25) is 0 Å². The van der Waals surface area contributed by atoms with Gasteiger partial charge in [0.1, 0.15) is 24.4 Å². The number of aliphatic hydroxyl groups excluding tert-OH is 5. The Kier molecular flexibility index (Phi) is 8.31. The van der Waals surface area contributed by atoms with Gasteiger partial charge in [0.05, 0.1) is 18.8 Å². The first-order chi connectivity index (χ1) is 20.1. The van der Waals surface area contributed by atoms with Gasteiger partial charge in [-0.05, 0) is 129 Å². The first kappa shape index (κ1) is 32.4. The van der Waals surface area contributed by atoms with Gasteiger partial charge in [0, 0.05) is 0 Å². The van der Waals surface area contributed by atoms with Crippen LogP contribution in [0.4, 0.5) is 0 Å². The lowest BCUT2D eigenvalue weighted by atomic mass is 9.35. The minimum Gasteiger partial charge on any atom is -0.394 e. The Hall–Kier alpha value is -0.540. The van der Waals surface area contributed by atoms with Crippen LogP contribution in [0.5, 0.6) is 0 Å². The van der Waals surface area contributed by atoms with Gasteiger partial charge in [-0.25, -0.2) is 0 Å². The molecule has 0 radical (unpaired) electrons. The molecule has 246 valence electrons. The van der Waals surface area contributed by atoms with Crippen molar-refractivity contribution in [1.29, 1.82) is 0 Å². The highest BCUT2D eigenvalue weighted by atomic mass is 16.7. The Morgan fingerprint density at radius 2 is 1.51 bits per heavy atom. The summed E-state index contributed by atoms with van der Waals surface area (Å²) in [7, 11) is 0. The van der Waals surface area contributed by atoms with Crippen LogP contribution in [-0.2, 0) is 9.47 Å². The normalized spacial score (nSPS) is 55.6. The average Bonchev–Trinajstić information content (AvgIpc) is 3.62. The van der Waals surface area contributed by atoms with Crippen LogP contribution in [0.3, 0.4) is 0 Å². The second kappa shape index (κ2) is 11.0. The molecule has 6 fully saturated rings. The van der Waals surface area contributed by atoms with E-state index in [0.29, 0.717) is 23.7 Å². The Balaban J connectivity index is 1.21. The van der Waals surface area contributed by atoms with Crippen LogP contribution in [0, 0.1) is 57.2 Å². The molecule has 1 heterocycles. The molecule has 1 unspecified atom stereocenters. The zero-order valence-corrected chi connectivity index (χ0v) is 27.7. The van der Waals surface area contributed by atoms with Crippen LogP contribution >= 0.6 is 0 Å². The molecule has 5 saturated carbocycles. The first-order valence-electron chi connectivity index (χ1n) is 17.4. The summed E-state index contributed by atoms with van der Waals surface area (Å²) in [5.41, 5.74) is 1.58. The van der Waals surface area contributed by atoms with Crippen molar-refractivity contribution in [3.05, 3.63) is 11.6 Å². The van der Waals surface area contributed by atoms with E-state index < -0.39 is 37.3 Å². The van der Waals surface area contributed by atoms with Crippen LogP contribution in [0.25, 0.3) is 0 Å². The van der Waals surface area contributed by atoms with Gasteiger partial charge in [-0.2, -0.15) is 0 Å². The average molecular weight is 605 g/mol. The van der Waals surface area contributed by atoms with E-state index in [1.807, 2.05) is 0 Å². The summed E-state index contributed by atoms with van der Waals surface area (Å²) in [6.07, 6.45) is 5.64. The molecule has 0 aromatic carbocycles. The van der Waals surface area contributed by atoms with Crippen molar-refractivity contribution in [3.63, 3.8) is 0 Å². The molecule has 6 rings (SSSR count).